The highest BCUT2D eigenvalue weighted by Gasteiger charge is 2.28. The zero-order valence-electron chi connectivity index (χ0n) is 11.9. The first kappa shape index (κ1) is 15.5. The minimum Gasteiger partial charge on any atom is -0.265 e. The molecule has 0 aromatic heterocycles. The zero-order chi connectivity index (χ0) is 15.3. The summed E-state index contributed by atoms with van der Waals surface area (Å²) in [6, 6.07) is 10.2. The van der Waals surface area contributed by atoms with Crippen molar-refractivity contribution in [1.82, 2.24) is 0 Å². The molecular weight excluding hydrogens is 288 g/mol. The molecule has 0 aliphatic heterocycles. The molecule has 1 aromatic carbocycles. The molecule has 21 heavy (non-hydrogen) atoms. The van der Waals surface area contributed by atoms with E-state index in [-0.39, 0.29) is 16.7 Å². The van der Waals surface area contributed by atoms with E-state index in [4.69, 9.17) is 9.55 Å². The van der Waals surface area contributed by atoms with Gasteiger partial charge in [0.2, 0.25) is 0 Å². The van der Waals surface area contributed by atoms with Crippen LogP contribution in [0.4, 0.5) is 0 Å². The van der Waals surface area contributed by atoms with Crippen LogP contribution in [0.25, 0.3) is 0 Å². The molecule has 1 aromatic rings. The fourth-order valence-electron chi connectivity index (χ4n) is 2.59. The van der Waals surface area contributed by atoms with Crippen LogP contribution in [0.5, 0.6) is 0 Å². The fourth-order valence-corrected chi connectivity index (χ4v) is 3.38. The summed E-state index contributed by atoms with van der Waals surface area (Å²) < 4.78 is 28.7. The first-order chi connectivity index (χ1) is 10.0. The average Bonchev–Trinajstić information content (AvgIpc) is 2.53. The molecule has 0 heterocycles. The molecule has 1 fully saturated rings. The van der Waals surface area contributed by atoms with Gasteiger partial charge >= 0.3 is 10.1 Å². The lowest BCUT2D eigenvalue weighted by Gasteiger charge is -2.25. The van der Waals surface area contributed by atoms with E-state index in [1.807, 2.05) is 0 Å². The molecule has 0 saturated heterocycles. The lowest BCUT2D eigenvalue weighted by molar-refractivity contribution is 0.317. The topological polar surface area (TPSA) is 79.5 Å². The number of nitrogens with zero attached hydrogens (tertiary/aromatic N) is 2. The fraction of sp³-hybridized carbons (Fsp3) is 0.467. The smallest absolute Gasteiger partial charge is 0.265 e. The van der Waals surface area contributed by atoms with Crippen molar-refractivity contribution in [3.8, 4) is 6.07 Å². The number of oxime groups is 1. The van der Waals surface area contributed by atoms with Gasteiger partial charge < -0.3 is 0 Å². The first-order valence-electron chi connectivity index (χ1n) is 6.97. The summed E-state index contributed by atoms with van der Waals surface area (Å²) >= 11 is 0. The van der Waals surface area contributed by atoms with E-state index in [2.05, 4.69) is 11.2 Å². The lowest BCUT2D eigenvalue weighted by atomic mass is 9.78. The minimum absolute atomic E-state index is 0.0188. The molecule has 0 amide bonds. The van der Waals surface area contributed by atoms with Crippen molar-refractivity contribution < 1.29 is 12.7 Å². The number of benzene rings is 1. The van der Waals surface area contributed by atoms with Crippen LogP contribution in [-0.2, 0) is 14.4 Å². The molecule has 1 aliphatic rings. The van der Waals surface area contributed by atoms with E-state index in [1.54, 1.807) is 25.1 Å². The van der Waals surface area contributed by atoms with Gasteiger partial charge in [0, 0.05) is 5.92 Å². The molecule has 6 heteroatoms. The third kappa shape index (κ3) is 3.82. The first-order valence-corrected chi connectivity index (χ1v) is 8.38. The molecule has 112 valence electrons. The monoisotopic (exact) mass is 306 g/mol. The van der Waals surface area contributed by atoms with Gasteiger partial charge in [0.15, 0.2) is 0 Å². The Labute approximate surface area is 125 Å². The van der Waals surface area contributed by atoms with Crippen molar-refractivity contribution in [3.63, 3.8) is 0 Å². The molecule has 0 N–H and O–H groups in total. The molecule has 2 rings (SSSR count). The van der Waals surface area contributed by atoms with Crippen molar-refractivity contribution in [2.24, 2.45) is 17.0 Å². The van der Waals surface area contributed by atoms with Gasteiger partial charge in [-0.1, -0.05) is 36.2 Å². The van der Waals surface area contributed by atoms with E-state index >= 15 is 0 Å². The summed E-state index contributed by atoms with van der Waals surface area (Å²) in [7, 11) is -3.89. The van der Waals surface area contributed by atoms with Crippen LogP contribution in [0, 0.1) is 23.2 Å². The summed E-state index contributed by atoms with van der Waals surface area (Å²) in [5.74, 6) is -0.125. The van der Waals surface area contributed by atoms with Crippen LogP contribution >= 0.6 is 0 Å². The molecule has 5 nitrogen and oxygen atoms in total. The normalized spacial score (nSPS) is 23.3. The number of hydrogen-bond donors (Lipinski definition) is 0. The second kappa shape index (κ2) is 6.72. The van der Waals surface area contributed by atoms with Crippen molar-refractivity contribution in [1.29, 1.82) is 5.26 Å². The predicted octanol–water partition coefficient (Wildman–Crippen LogP) is 3.10. The highest BCUT2D eigenvalue weighted by molar-refractivity contribution is 7.86. The molecule has 1 aliphatic carbocycles. The van der Waals surface area contributed by atoms with Gasteiger partial charge in [0.25, 0.3) is 0 Å². The Kier molecular flexibility index (Phi) is 4.97. The van der Waals surface area contributed by atoms with E-state index < -0.39 is 10.1 Å². The molecule has 0 bridgehead atoms. The summed E-state index contributed by atoms with van der Waals surface area (Å²) in [5.41, 5.74) is 0.570. The van der Waals surface area contributed by atoms with Crippen LogP contribution in [-0.4, -0.2) is 14.1 Å². The van der Waals surface area contributed by atoms with Crippen LogP contribution in [0.1, 0.15) is 32.6 Å². The minimum atomic E-state index is -3.89. The number of hydrogen-bond acceptors (Lipinski definition) is 5. The summed E-state index contributed by atoms with van der Waals surface area (Å²) in [6.07, 6.45) is 3.74. The largest absolute Gasteiger partial charge is 0.358 e. The third-order valence-corrected chi connectivity index (χ3v) is 4.90. The van der Waals surface area contributed by atoms with Crippen LogP contribution < -0.4 is 0 Å². The van der Waals surface area contributed by atoms with Crippen LogP contribution in [0.2, 0.25) is 0 Å². The second-order valence-corrected chi connectivity index (χ2v) is 6.73. The molecule has 2 unspecified atom stereocenters. The highest BCUT2D eigenvalue weighted by atomic mass is 32.2. The van der Waals surface area contributed by atoms with Crippen molar-refractivity contribution >= 4 is 15.8 Å². The van der Waals surface area contributed by atoms with Gasteiger partial charge in [-0.3, -0.25) is 4.28 Å². The van der Waals surface area contributed by atoms with Gasteiger partial charge in [-0.15, -0.1) is 0 Å². The summed E-state index contributed by atoms with van der Waals surface area (Å²) in [6.45, 7) is 1.72. The SMILES string of the molecule is CC(=NOS(=O)(=O)c1ccccc1)C1CCCCC1C#N. The highest BCUT2D eigenvalue weighted by Crippen LogP contribution is 2.30. The van der Waals surface area contributed by atoms with Gasteiger partial charge in [-0.05, 0) is 31.9 Å². The third-order valence-electron chi connectivity index (χ3n) is 3.78. The average molecular weight is 306 g/mol. The molecule has 0 radical (unpaired) electrons. The van der Waals surface area contributed by atoms with Crippen molar-refractivity contribution in [2.75, 3.05) is 0 Å². The van der Waals surface area contributed by atoms with E-state index in [0.29, 0.717) is 5.71 Å². The zero-order valence-corrected chi connectivity index (χ0v) is 12.7. The van der Waals surface area contributed by atoms with Gasteiger partial charge in [0.05, 0.1) is 17.7 Å². The Balaban J connectivity index is 2.11. The Morgan fingerprint density at radius 2 is 1.95 bits per heavy atom. The number of rotatable bonds is 4. The molecule has 2 atom stereocenters. The van der Waals surface area contributed by atoms with Gasteiger partial charge in [-0.2, -0.15) is 13.7 Å². The Bertz CT molecular complexity index is 647. The predicted molar refractivity (Wildman–Crippen MR) is 78.9 cm³/mol. The summed E-state index contributed by atoms with van der Waals surface area (Å²) in [4.78, 5) is 0.0713. The van der Waals surface area contributed by atoms with Gasteiger partial charge in [-0.25, -0.2) is 0 Å². The van der Waals surface area contributed by atoms with Crippen molar-refractivity contribution in [2.45, 2.75) is 37.5 Å². The van der Waals surface area contributed by atoms with E-state index in [0.717, 1.165) is 25.7 Å². The molecular formula is C15H18N2O3S. The summed E-state index contributed by atoms with van der Waals surface area (Å²) in [5, 5.41) is 12.9. The second-order valence-electron chi connectivity index (χ2n) is 5.20. The number of nitriles is 1. The standard InChI is InChI=1S/C15H18N2O3S/c1-12(15-10-6-5-7-13(15)11-16)17-20-21(18,19)14-8-3-2-4-9-14/h2-4,8-9,13,15H,5-7,10H2,1H3. The molecule has 0 spiro atoms. The Hall–Kier alpha value is -1.87. The lowest BCUT2D eigenvalue weighted by Crippen LogP contribution is -2.25. The van der Waals surface area contributed by atoms with Crippen LogP contribution in [0.15, 0.2) is 40.4 Å². The van der Waals surface area contributed by atoms with Gasteiger partial charge in [0.1, 0.15) is 4.90 Å². The molecule has 1 saturated carbocycles. The Morgan fingerprint density at radius 3 is 2.62 bits per heavy atom. The maximum absolute atomic E-state index is 12.0. The van der Waals surface area contributed by atoms with E-state index in [9.17, 15) is 8.42 Å². The Morgan fingerprint density at radius 1 is 1.29 bits per heavy atom. The van der Waals surface area contributed by atoms with Crippen LogP contribution in [0.3, 0.4) is 0 Å². The maximum Gasteiger partial charge on any atom is 0.358 e. The quantitative estimate of drug-likeness (QED) is 0.632. The van der Waals surface area contributed by atoms with Crippen molar-refractivity contribution in [3.05, 3.63) is 30.3 Å². The maximum atomic E-state index is 12.0. The van der Waals surface area contributed by atoms with E-state index in [1.165, 1.54) is 12.1 Å².